The minimum atomic E-state index is -0.483. The summed E-state index contributed by atoms with van der Waals surface area (Å²) in [5.41, 5.74) is 6.22. The summed E-state index contributed by atoms with van der Waals surface area (Å²) in [7, 11) is 0. The van der Waals surface area contributed by atoms with E-state index in [1.807, 2.05) is 68.4 Å². The summed E-state index contributed by atoms with van der Waals surface area (Å²) in [5, 5.41) is 2.45. The van der Waals surface area contributed by atoms with Crippen molar-refractivity contribution < 1.29 is 23.8 Å². The van der Waals surface area contributed by atoms with E-state index in [0.717, 1.165) is 11.3 Å². The molecule has 36 heavy (non-hydrogen) atoms. The van der Waals surface area contributed by atoms with Gasteiger partial charge in [-0.1, -0.05) is 62.4 Å². The normalized spacial score (nSPS) is 10.3. The molecule has 0 heterocycles. The van der Waals surface area contributed by atoms with Crippen LogP contribution < -0.4 is 30.4 Å². The molecule has 2 amide bonds. The van der Waals surface area contributed by atoms with Crippen molar-refractivity contribution >= 4 is 29.1 Å². The molecular weight excluding hydrogens is 478 g/mol. The molecular formula is C27H29N3O5S. The van der Waals surface area contributed by atoms with E-state index >= 15 is 0 Å². The highest BCUT2D eigenvalue weighted by molar-refractivity contribution is 7.80. The lowest BCUT2D eigenvalue weighted by molar-refractivity contribution is -0.123. The van der Waals surface area contributed by atoms with E-state index in [1.165, 1.54) is 0 Å². The Morgan fingerprint density at radius 2 is 1.42 bits per heavy atom. The second-order valence-corrected chi connectivity index (χ2v) is 8.35. The van der Waals surface area contributed by atoms with Crippen LogP contribution in [0.4, 0.5) is 0 Å². The molecule has 188 valence electrons. The highest BCUT2D eigenvalue weighted by atomic mass is 32.1. The SMILES string of the molecule is CC(C)c1ccccc1OCC(=O)NNC(=S)NC(=O)c1ccccc1OCCOc1ccccc1. The van der Waals surface area contributed by atoms with Gasteiger partial charge in [0, 0.05) is 0 Å². The number of thiocarbonyl (C=S) groups is 1. The Bertz CT molecular complexity index is 1170. The number of ether oxygens (including phenoxy) is 3. The van der Waals surface area contributed by atoms with E-state index in [2.05, 4.69) is 16.2 Å². The van der Waals surface area contributed by atoms with Gasteiger partial charge in [-0.2, -0.15) is 0 Å². The van der Waals surface area contributed by atoms with Crippen LogP contribution >= 0.6 is 12.2 Å². The summed E-state index contributed by atoms with van der Waals surface area (Å²) in [4.78, 5) is 24.9. The average molecular weight is 508 g/mol. The Kier molecular flexibility index (Phi) is 10.1. The molecule has 9 heteroatoms. The van der Waals surface area contributed by atoms with Crippen molar-refractivity contribution in [1.29, 1.82) is 0 Å². The quantitative estimate of drug-likeness (QED) is 0.217. The number of carbonyl (C=O) groups excluding carboxylic acids is 2. The summed E-state index contributed by atoms with van der Waals surface area (Å²) in [6, 6.07) is 23.7. The van der Waals surface area contributed by atoms with E-state index in [1.54, 1.807) is 24.3 Å². The van der Waals surface area contributed by atoms with Crippen molar-refractivity contribution in [2.75, 3.05) is 19.8 Å². The van der Waals surface area contributed by atoms with Gasteiger partial charge in [-0.15, -0.1) is 0 Å². The molecule has 0 radical (unpaired) electrons. The van der Waals surface area contributed by atoms with E-state index in [9.17, 15) is 9.59 Å². The largest absolute Gasteiger partial charge is 0.490 e. The van der Waals surface area contributed by atoms with Gasteiger partial charge in [-0.3, -0.25) is 25.8 Å². The number of para-hydroxylation sites is 3. The fourth-order valence-corrected chi connectivity index (χ4v) is 3.35. The molecule has 3 rings (SSSR count). The zero-order valence-corrected chi connectivity index (χ0v) is 21.0. The summed E-state index contributed by atoms with van der Waals surface area (Å²) < 4.78 is 17.0. The third-order valence-corrected chi connectivity index (χ3v) is 5.13. The lowest BCUT2D eigenvalue weighted by Crippen LogP contribution is -2.49. The van der Waals surface area contributed by atoms with E-state index < -0.39 is 11.8 Å². The molecule has 0 fully saturated rings. The average Bonchev–Trinajstić information content (AvgIpc) is 2.89. The van der Waals surface area contributed by atoms with Crippen LogP contribution in [-0.2, 0) is 4.79 Å². The Labute approximate surface area is 215 Å². The summed E-state index contributed by atoms with van der Waals surface area (Å²) in [6.07, 6.45) is 0. The van der Waals surface area contributed by atoms with Gasteiger partial charge in [-0.05, 0) is 54.0 Å². The maximum atomic E-state index is 12.7. The van der Waals surface area contributed by atoms with Crippen LogP contribution in [0.15, 0.2) is 78.9 Å². The smallest absolute Gasteiger partial charge is 0.276 e. The Balaban J connectivity index is 1.43. The Morgan fingerprint density at radius 1 is 0.778 bits per heavy atom. The predicted molar refractivity (Wildman–Crippen MR) is 141 cm³/mol. The number of nitrogens with one attached hydrogen (secondary N) is 3. The molecule has 3 N–H and O–H groups in total. The highest BCUT2D eigenvalue weighted by Gasteiger charge is 2.14. The first-order valence-corrected chi connectivity index (χ1v) is 11.9. The van der Waals surface area contributed by atoms with Crippen LogP contribution in [0.1, 0.15) is 35.7 Å². The van der Waals surface area contributed by atoms with Crippen molar-refractivity contribution in [2.24, 2.45) is 0 Å². The van der Waals surface area contributed by atoms with Crippen molar-refractivity contribution in [2.45, 2.75) is 19.8 Å². The summed E-state index contributed by atoms with van der Waals surface area (Å²) in [6.45, 7) is 4.45. The highest BCUT2D eigenvalue weighted by Crippen LogP contribution is 2.25. The van der Waals surface area contributed by atoms with Crippen LogP contribution in [-0.4, -0.2) is 36.7 Å². The van der Waals surface area contributed by atoms with E-state index in [4.69, 9.17) is 26.4 Å². The molecule has 0 unspecified atom stereocenters. The molecule has 0 atom stereocenters. The van der Waals surface area contributed by atoms with Gasteiger partial charge in [-0.25, -0.2) is 0 Å². The van der Waals surface area contributed by atoms with Crippen LogP contribution in [0, 0.1) is 0 Å². The number of benzene rings is 3. The topological polar surface area (TPSA) is 97.9 Å². The molecule has 0 saturated carbocycles. The molecule has 0 aromatic heterocycles. The number of hydrazine groups is 1. The maximum absolute atomic E-state index is 12.7. The minimum Gasteiger partial charge on any atom is -0.490 e. The zero-order valence-electron chi connectivity index (χ0n) is 20.2. The Hall–Kier alpha value is -4.11. The molecule has 0 bridgehead atoms. The summed E-state index contributed by atoms with van der Waals surface area (Å²) in [5.74, 6) is 1.09. The van der Waals surface area contributed by atoms with Crippen molar-refractivity contribution in [3.8, 4) is 17.2 Å². The molecule has 0 saturated heterocycles. The molecule has 3 aromatic rings. The molecule has 0 aliphatic heterocycles. The second kappa shape index (κ2) is 13.7. The third-order valence-electron chi connectivity index (χ3n) is 4.93. The van der Waals surface area contributed by atoms with Crippen LogP contribution in [0.2, 0.25) is 0 Å². The Morgan fingerprint density at radius 3 is 2.17 bits per heavy atom. The third kappa shape index (κ3) is 8.28. The van der Waals surface area contributed by atoms with Crippen LogP contribution in [0.3, 0.4) is 0 Å². The van der Waals surface area contributed by atoms with Gasteiger partial charge in [0.15, 0.2) is 11.7 Å². The van der Waals surface area contributed by atoms with Gasteiger partial charge in [0.2, 0.25) is 0 Å². The minimum absolute atomic E-state index is 0.0712. The number of rotatable bonds is 10. The molecule has 8 nitrogen and oxygen atoms in total. The number of hydrogen-bond acceptors (Lipinski definition) is 6. The fourth-order valence-electron chi connectivity index (χ4n) is 3.20. The van der Waals surface area contributed by atoms with Gasteiger partial charge >= 0.3 is 0 Å². The van der Waals surface area contributed by atoms with Gasteiger partial charge < -0.3 is 14.2 Å². The summed E-state index contributed by atoms with van der Waals surface area (Å²) >= 11 is 5.13. The first kappa shape index (κ1) is 26.5. The van der Waals surface area contributed by atoms with Gasteiger partial charge in [0.1, 0.15) is 30.5 Å². The lowest BCUT2D eigenvalue weighted by atomic mass is 10.0. The van der Waals surface area contributed by atoms with E-state index in [0.29, 0.717) is 23.7 Å². The van der Waals surface area contributed by atoms with E-state index in [-0.39, 0.29) is 24.2 Å². The van der Waals surface area contributed by atoms with Crippen molar-refractivity contribution in [1.82, 2.24) is 16.2 Å². The first-order chi connectivity index (χ1) is 17.4. The number of amides is 2. The van der Waals surface area contributed by atoms with Crippen molar-refractivity contribution in [3.05, 3.63) is 90.0 Å². The zero-order chi connectivity index (χ0) is 25.8. The monoisotopic (exact) mass is 507 g/mol. The fraction of sp³-hybridized carbons (Fsp3) is 0.222. The van der Waals surface area contributed by atoms with Crippen molar-refractivity contribution in [3.63, 3.8) is 0 Å². The standard InChI is InChI=1S/C27H29N3O5S/c1-19(2)21-12-6-8-14-23(21)35-18-25(31)29-30-27(36)28-26(32)22-13-7-9-15-24(22)34-17-16-33-20-10-4-3-5-11-20/h3-15,19H,16-18H2,1-2H3,(H,29,31)(H2,28,30,32,36). The number of hydrogen-bond donors (Lipinski definition) is 3. The molecule has 0 aliphatic rings. The second-order valence-electron chi connectivity index (χ2n) is 7.94. The molecule has 0 aliphatic carbocycles. The first-order valence-electron chi connectivity index (χ1n) is 11.5. The number of carbonyl (C=O) groups is 2. The van der Waals surface area contributed by atoms with Crippen LogP contribution in [0.5, 0.6) is 17.2 Å². The molecule has 0 spiro atoms. The van der Waals surface area contributed by atoms with Crippen LogP contribution in [0.25, 0.3) is 0 Å². The predicted octanol–water partition coefficient (Wildman–Crippen LogP) is 3.98. The lowest BCUT2D eigenvalue weighted by Gasteiger charge is -2.15. The maximum Gasteiger partial charge on any atom is 0.276 e. The van der Waals surface area contributed by atoms with Gasteiger partial charge in [0.05, 0.1) is 5.56 Å². The molecule has 3 aromatic carbocycles. The van der Waals surface area contributed by atoms with Gasteiger partial charge in [0.25, 0.3) is 11.8 Å².